The largest absolute Gasteiger partial charge is 0.351 e. The zero-order valence-corrected chi connectivity index (χ0v) is 24.1. The van der Waals surface area contributed by atoms with Gasteiger partial charge in [-0.1, -0.05) is 66.0 Å². The molecular weight excluding hydrogens is 558 g/mol. The maximum atomic E-state index is 13.5. The number of piperidine rings is 1. The van der Waals surface area contributed by atoms with Crippen LogP contribution in [-0.4, -0.2) is 51.0 Å². The number of sulfonamides is 2. The molecule has 39 heavy (non-hydrogen) atoms. The number of hydrogen-bond acceptors (Lipinski definition) is 5. The summed E-state index contributed by atoms with van der Waals surface area (Å²) in [6.07, 6.45) is 2.75. The van der Waals surface area contributed by atoms with Crippen molar-refractivity contribution in [1.82, 2.24) is 13.9 Å². The first kappa shape index (κ1) is 29.2. The lowest BCUT2D eigenvalue weighted by Gasteiger charge is -2.25. The molecule has 208 valence electrons. The van der Waals surface area contributed by atoms with Gasteiger partial charge in [-0.2, -0.15) is 8.61 Å². The molecule has 0 aromatic heterocycles. The summed E-state index contributed by atoms with van der Waals surface area (Å²) in [5.74, 6) is -0.497. The molecule has 0 radical (unpaired) electrons. The molecule has 1 amide bonds. The molecule has 1 saturated heterocycles. The molecule has 11 heteroatoms. The van der Waals surface area contributed by atoms with Crippen LogP contribution in [0.5, 0.6) is 0 Å². The van der Waals surface area contributed by atoms with E-state index in [0.717, 1.165) is 29.1 Å². The van der Waals surface area contributed by atoms with E-state index in [1.165, 1.54) is 28.6 Å². The van der Waals surface area contributed by atoms with Gasteiger partial charge >= 0.3 is 0 Å². The number of amides is 1. The lowest BCUT2D eigenvalue weighted by Crippen LogP contribution is -2.40. The van der Waals surface area contributed by atoms with Crippen LogP contribution in [0.1, 0.15) is 36.0 Å². The highest BCUT2D eigenvalue weighted by Gasteiger charge is 2.28. The second-order valence-electron chi connectivity index (χ2n) is 9.56. The number of halogens is 1. The minimum absolute atomic E-state index is 0.0770. The molecule has 1 aliphatic heterocycles. The molecule has 0 saturated carbocycles. The second-order valence-corrected chi connectivity index (χ2v) is 13.8. The molecule has 4 rings (SSSR count). The highest BCUT2D eigenvalue weighted by atomic mass is 35.5. The summed E-state index contributed by atoms with van der Waals surface area (Å²) in [6, 6.07) is 19.7. The summed E-state index contributed by atoms with van der Waals surface area (Å²) in [7, 11) is -7.54. The zero-order valence-electron chi connectivity index (χ0n) is 21.7. The smallest absolute Gasteiger partial charge is 0.243 e. The fraction of sp³-hybridized carbons (Fsp3) is 0.321. The Morgan fingerprint density at radius 1 is 0.872 bits per heavy atom. The first-order valence-electron chi connectivity index (χ1n) is 12.7. The van der Waals surface area contributed by atoms with Gasteiger partial charge in [0.1, 0.15) is 0 Å². The fourth-order valence-electron chi connectivity index (χ4n) is 4.35. The Morgan fingerprint density at radius 3 is 2.13 bits per heavy atom. The van der Waals surface area contributed by atoms with Crippen molar-refractivity contribution in [1.29, 1.82) is 0 Å². The monoisotopic (exact) mass is 589 g/mol. The first-order valence-corrected chi connectivity index (χ1v) is 16.0. The van der Waals surface area contributed by atoms with Crippen molar-refractivity contribution in [2.24, 2.45) is 0 Å². The predicted molar refractivity (Wildman–Crippen MR) is 151 cm³/mol. The SMILES string of the molecule is Cc1ccc(S(=O)(=O)N(CC(=O)NCc2ccc(S(=O)(=O)N3CCCCC3)cc2)Cc2ccccc2Cl)cc1. The highest BCUT2D eigenvalue weighted by molar-refractivity contribution is 7.89. The van der Waals surface area contributed by atoms with Crippen molar-refractivity contribution >= 4 is 37.6 Å². The Labute approximate surface area is 235 Å². The van der Waals surface area contributed by atoms with Crippen LogP contribution < -0.4 is 5.32 Å². The van der Waals surface area contributed by atoms with Gasteiger partial charge in [0, 0.05) is 31.2 Å². The maximum Gasteiger partial charge on any atom is 0.243 e. The van der Waals surface area contributed by atoms with Crippen molar-refractivity contribution < 1.29 is 21.6 Å². The second kappa shape index (κ2) is 12.6. The fourth-order valence-corrected chi connectivity index (χ4v) is 7.44. The van der Waals surface area contributed by atoms with E-state index in [-0.39, 0.29) is 22.9 Å². The molecule has 3 aromatic carbocycles. The Hall–Kier alpha value is -2.76. The number of aryl methyl sites for hydroxylation is 1. The quantitative estimate of drug-likeness (QED) is 0.379. The lowest BCUT2D eigenvalue weighted by molar-refractivity contribution is -0.121. The van der Waals surface area contributed by atoms with Crippen LogP contribution in [0, 0.1) is 6.92 Å². The van der Waals surface area contributed by atoms with Crippen LogP contribution in [-0.2, 0) is 37.9 Å². The topological polar surface area (TPSA) is 104 Å². The number of nitrogens with zero attached hydrogens (tertiary/aromatic N) is 2. The molecule has 1 aliphatic rings. The number of carbonyl (C=O) groups excluding carboxylic acids is 1. The number of benzene rings is 3. The van der Waals surface area contributed by atoms with Crippen LogP contribution in [0.2, 0.25) is 5.02 Å². The molecule has 0 spiro atoms. The average molecular weight is 590 g/mol. The minimum Gasteiger partial charge on any atom is -0.351 e. The Morgan fingerprint density at radius 2 is 1.49 bits per heavy atom. The molecule has 3 aromatic rings. The van der Waals surface area contributed by atoms with Gasteiger partial charge in [0.15, 0.2) is 0 Å². The van der Waals surface area contributed by atoms with E-state index in [4.69, 9.17) is 11.6 Å². The van der Waals surface area contributed by atoms with Crippen molar-refractivity contribution in [3.05, 3.63) is 94.5 Å². The van der Waals surface area contributed by atoms with Crippen LogP contribution in [0.25, 0.3) is 0 Å². The average Bonchev–Trinajstić information content (AvgIpc) is 2.93. The van der Waals surface area contributed by atoms with Gasteiger partial charge in [-0.15, -0.1) is 0 Å². The van der Waals surface area contributed by atoms with Crippen molar-refractivity contribution in [2.75, 3.05) is 19.6 Å². The molecule has 1 heterocycles. The van der Waals surface area contributed by atoms with Gasteiger partial charge in [0.2, 0.25) is 26.0 Å². The predicted octanol–water partition coefficient (Wildman–Crippen LogP) is 4.33. The Balaban J connectivity index is 1.45. The van der Waals surface area contributed by atoms with Gasteiger partial charge in [-0.25, -0.2) is 16.8 Å². The summed E-state index contributed by atoms with van der Waals surface area (Å²) >= 11 is 6.29. The maximum absolute atomic E-state index is 13.5. The summed E-state index contributed by atoms with van der Waals surface area (Å²) in [6.45, 7) is 2.54. The van der Waals surface area contributed by atoms with E-state index in [1.54, 1.807) is 48.5 Å². The van der Waals surface area contributed by atoms with Gasteiger partial charge in [-0.3, -0.25) is 4.79 Å². The third-order valence-electron chi connectivity index (χ3n) is 6.65. The first-order chi connectivity index (χ1) is 18.6. The number of carbonyl (C=O) groups is 1. The van der Waals surface area contributed by atoms with Crippen molar-refractivity contribution in [3.63, 3.8) is 0 Å². The molecule has 0 atom stereocenters. The van der Waals surface area contributed by atoms with Crippen LogP contribution in [0.3, 0.4) is 0 Å². The number of rotatable bonds is 10. The van der Waals surface area contributed by atoms with E-state index >= 15 is 0 Å². The summed E-state index contributed by atoms with van der Waals surface area (Å²) in [5, 5.41) is 3.15. The Bertz CT molecular complexity index is 1500. The normalized spacial score (nSPS) is 14.8. The van der Waals surface area contributed by atoms with E-state index in [1.807, 2.05) is 6.92 Å². The van der Waals surface area contributed by atoms with E-state index < -0.39 is 32.5 Å². The van der Waals surface area contributed by atoms with Gasteiger partial charge in [0.05, 0.1) is 16.3 Å². The van der Waals surface area contributed by atoms with Gasteiger partial charge in [-0.05, 0) is 61.2 Å². The molecule has 1 fully saturated rings. The van der Waals surface area contributed by atoms with Gasteiger partial charge in [0.25, 0.3) is 0 Å². The zero-order chi connectivity index (χ0) is 28.0. The molecule has 0 unspecified atom stereocenters. The number of nitrogens with one attached hydrogen (secondary N) is 1. The standard InChI is InChI=1S/C28H32ClN3O5S2/c1-22-9-13-25(14-10-22)39(36,37)32(20-24-7-3-4-8-27(24)29)21-28(33)30-19-23-11-15-26(16-12-23)38(34,35)31-17-5-2-6-18-31/h3-4,7-16H,2,5-6,17-21H2,1H3,(H,30,33). The summed E-state index contributed by atoms with van der Waals surface area (Å²) < 4.78 is 55.3. The van der Waals surface area contributed by atoms with E-state index in [2.05, 4.69) is 5.32 Å². The van der Waals surface area contributed by atoms with Crippen molar-refractivity contribution in [2.45, 2.75) is 49.1 Å². The highest BCUT2D eigenvalue weighted by Crippen LogP contribution is 2.23. The molecule has 0 aliphatic carbocycles. The molecule has 1 N–H and O–H groups in total. The lowest BCUT2D eigenvalue weighted by atomic mass is 10.2. The molecule has 8 nitrogen and oxygen atoms in total. The van der Waals surface area contributed by atoms with Crippen molar-refractivity contribution in [3.8, 4) is 0 Å². The third kappa shape index (κ3) is 7.26. The number of hydrogen-bond donors (Lipinski definition) is 1. The van der Waals surface area contributed by atoms with Crippen LogP contribution in [0.15, 0.2) is 82.6 Å². The van der Waals surface area contributed by atoms with Crippen LogP contribution in [0.4, 0.5) is 0 Å². The summed E-state index contributed by atoms with van der Waals surface area (Å²) in [4.78, 5) is 13.2. The third-order valence-corrected chi connectivity index (χ3v) is 10.7. The van der Waals surface area contributed by atoms with E-state index in [0.29, 0.717) is 29.2 Å². The molecular formula is C28H32ClN3O5S2. The Kier molecular flexibility index (Phi) is 9.45. The van der Waals surface area contributed by atoms with Gasteiger partial charge < -0.3 is 5.32 Å². The van der Waals surface area contributed by atoms with E-state index in [9.17, 15) is 21.6 Å². The summed E-state index contributed by atoms with van der Waals surface area (Å²) in [5.41, 5.74) is 2.19. The van der Waals surface area contributed by atoms with Crippen LogP contribution >= 0.6 is 11.6 Å². The molecule has 0 bridgehead atoms. The minimum atomic E-state index is -4.00.